The van der Waals surface area contributed by atoms with Crippen LogP contribution in [-0.4, -0.2) is 39.8 Å². The summed E-state index contributed by atoms with van der Waals surface area (Å²) in [6, 6.07) is 3.47. The molecule has 112 valence electrons. The van der Waals surface area contributed by atoms with Gasteiger partial charge in [0.05, 0.1) is 5.41 Å². The second-order valence-electron chi connectivity index (χ2n) is 6.52. The lowest BCUT2D eigenvalue weighted by atomic mass is 9.51. The van der Waals surface area contributed by atoms with E-state index in [-0.39, 0.29) is 29.2 Å². The van der Waals surface area contributed by atoms with Crippen LogP contribution in [0.15, 0.2) is 12.1 Å². The molecule has 0 amide bonds. The topological polar surface area (TPSA) is 89.8 Å². The quantitative estimate of drug-likeness (QED) is 0.525. The molecule has 2 fully saturated rings. The third-order valence-corrected chi connectivity index (χ3v) is 5.67. The largest absolute Gasteiger partial charge is 0.504 e. The molecule has 5 nitrogen and oxygen atoms in total. The average molecular weight is 289 g/mol. The predicted octanol–water partition coefficient (Wildman–Crippen LogP) is 0.594. The molecule has 1 saturated carbocycles. The highest BCUT2D eigenvalue weighted by Crippen LogP contribution is 2.55. The highest BCUT2D eigenvalue weighted by atomic mass is 16.3. The number of aliphatic hydroxyl groups is 1. The minimum atomic E-state index is -0.965. The van der Waals surface area contributed by atoms with Gasteiger partial charge in [0.15, 0.2) is 17.3 Å². The first-order valence-corrected chi connectivity index (χ1v) is 7.55. The summed E-state index contributed by atoms with van der Waals surface area (Å²) < 4.78 is 0. The summed E-state index contributed by atoms with van der Waals surface area (Å²) in [4.78, 5) is 12.8. The van der Waals surface area contributed by atoms with Crippen LogP contribution in [0.5, 0.6) is 11.5 Å². The molecule has 21 heavy (non-hydrogen) atoms. The van der Waals surface area contributed by atoms with Crippen LogP contribution >= 0.6 is 0 Å². The van der Waals surface area contributed by atoms with E-state index in [0.717, 1.165) is 18.4 Å². The van der Waals surface area contributed by atoms with Crippen molar-refractivity contribution in [1.82, 2.24) is 5.32 Å². The first-order valence-electron chi connectivity index (χ1n) is 7.55. The third-order valence-electron chi connectivity index (χ3n) is 5.67. The Morgan fingerprint density at radius 2 is 2.05 bits per heavy atom. The fourth-order valence-electron chi connectivity index (χ4n) is 4.82. The van der Waals surface area contributed by atoms with Crippen molar-refractivity contribution in [1.29, 1.82) is 0 Å². The molecule has 1 aromatic carbocycles. The lowest BCUT2D eigenvalue weighted by Gasteiger charge is -2.55. The highest BCUT2D eigenvalue weighted by Gasteiger charge is 2.59. The van der Waals surface area contributed by atoms with E-state index in [0.29, 0.717) is 24.9 Å². The van der Waals surface area contributed by atoms with Crippen molar-refractivity contribution < 1.29 is 20.1 Å². The Hall–Kier alpha value is -1.59. The number of aromatic hydroxyl groups is 2. The summed E-state index contributed by atoms with van der Waals surface area (Å²) in [6.45, 7) is 0.689. The number of benzene rings is 1. The number of Topliss-reactive ketones (excluding diaryl/α,β-unsaturated/α-hetero) is 1. The fraction of sp³-hybridized carbons (Fsp3) is 0.562. The Morgan fingerprint density at radius 1 is 1.24 bits per heavy atom. The molecule has 1 aliphatic heterocycles. The van der Waals surface area contributed by atoms with Crippen LogP contribution in [-0.2, 0) is 16.6 Å². The zero-order valence-electron chi connectivity index (χ0n) is 11.7. The van der Waals surface area contributed by atoms with Gasteiger partial charge >= 0.3 is 0 Å². The molecule has 1 aromatic rings. The van der Waals surface area contributed by atoms with E-state index >= 15 is 0 Å². The number of ketones is 1. The maximum absolute atomic E-state index is 12.8. The number of rotatable bonds is 0. The molecule has 0 aromatic heterocycles. The summed E-state index contributed by atoms with van der Waals surface area (Å²) in [5, 5.41) is 33.8. The van der Waals surface area contributed by atoms with Gasteiger partial charge in [-0.05, 0) is 49.8 Å². The van der Waals surface area contributed by atoms with E-state index in [9.17, 15) is 20.1 Å². The maximum atomic E-state index is 12.8. The number of carbonyl (C=O) groups is 1. The number of piperidine rings is 1. The first-order chi connectivity index (χ1) is 10.1. The first kappa shape index (κ1) is 13.1. The zero-order chi connectivity index (χ0) is 14.8. The number of aliphatic hydroxyl groups excluding tert-OH is 1. The van der Waals surface area contributed by atoms with Crippen molar-refractivity contribution in [2.45, 2.75) is 43.2 Å². The van der Waals surface area contributed by atoms with Gasteiger partial charge in [-0.15, -0.1) is 0 Å². The SMILES string of the molecule is O=C1C(O)CCC2C3Cc4ccc(O)c(O)c4C12CCN3. The summed E-state index contributed by atoms with van der Waals surface area (Å²) in [5.74, 6) is -0.471. The number of hydrogen-bond acceptors (Lipinski definition) is 5. The minimum absolute atomic E-state index is 0.0855. The molecule has 5 heteroatoms. The smallest absolute Gasteiger partial charge is 0.172 e. The van der Waals surface area contributed by atoms with E-state index < -0.39 is 11.5 Å². The highest BCUT2D eigenvalue weighted by molar-refractivity contribution is 5.96. The number of nitrogens with one attached hydrogen (secondary N) is 1. The normalized spacial score (nSPS) is 37.8. The fourth-order valence-corrected chi connectivity index (χ4v) is 4.82. The molecule has 4 unspecified atom stereocenters. The molecular formula is C16H19NO4. The Balaban J connectivity index is 2.01. The molecule has 2 bridgehead atoms. The number of phenols is 2. The van der Waals surface area contributed by atoms with Crippen LogP contribution in [0.25, 0.3) is 0 Å². The van der Waals surface area contributed by atoms with Crippen LogP contribution in [0, 0.1) is 5.92 Å². The van der Waals surface area contributed by atoms with E-state index in [1.54, 1.807) is 6.07 Å². The van der Waals surface area contributed by atoms with Gasteiger partial charge in [0.2, 0.25) is 0 Å². The van der Waals surface area contributed by atoms with Crippen molar-refractivity contribution in [2.24, 2.45) is 5.92 Å². The molecule has 2 aliphatic carbocycles. The minimum Gasteiger partial charge on any atom is -0.504 e. The summed E-state index contributed by atoms with van der Waals surface area (Å²) in [5.41, 5.74) is 0.625. The standard InChI is InChI=1S/C16H19NO4/c18-11-3-1-8-7-10-9-2-4-12(19)15(21)16(9,5-6-17-10)13(8)14(11)20/h1,3,9-10,12,17-20H,2,4-7H2. The van der Waals surface area contributed by atoms with Gasteiger partial charge in [-0.25, -0.2) is 0 Å². The van der Waals surface area contributed by atoms with Gasteiger partial charge in [-0.1, -0.05) is 6.07 Å². The Kier molecular flexibility index (Phi) is 2.63. The van der Waals surface area contributed by atoms with Crippen LogP contribution < -0.4 is 5.32 Å². The van der Waals surface area contributed by atoms with Crippen molar-refractivity contribution in [3.8, 4) is 11.5 Å². The lowest BCUT2D eigenvalue weighted by molar-refractivity contribution is -0.143. The molecular weight excluding hydrogens is 270 g/mol. The van der Waals surface area contributed by atoms with Crippen molar-refractivity contribution in [3.63, 3.8) is 0 Å². The number of phenolic OH excluding ortho intramolecular Hbond substituents is 2. The van der Waals surface area contributed by atoms with Crippen molar-refractivity contribution >= 4 is 5.78 Å². The van der Waals surface area contributed by atoms with Gasteiger partial charge < -0.3 is 20.6 Å². The predicted molar refractivity (Wildman–Crippen MR) is 75.3 cm³/mol. The summed E-state index contributed by atoms with van der Waals surface area (Å²) >= 11 is 0. The molecule has 1 saturated heterocycles. The van der Waals surface area contributed by atoms with E-state index in [1.165, 1.54) is 6.07 Å². The summed E-state index contributed by atoms with van der Waals surface area (Å²) in [6.07, 6.45) is 1.59. The van der Waals surface area contributed by atoms with Crippen LogP contribution in [0.3, 0.4) is 0 Å². The van der Waals surface area contributed by atoms with Crippen LogP contribution in [0.1, 0.15) is 30.4 Å². The molecule has 0 radical (unpaired) electrons. The average Bonchev–Trinajstić information content (AvgIpc) is 2.46. The molecule has 0 spiro atoms. The van der Waals surface area contributed by atoms with Gasteiger partial charge in [0, 0.05) is 11.6 Å². The van der Waals surface area contributed by atoms with Crippen LogP contribution in [0.4, 0.5) is 0 Å². The molecule has 4 atom stereocenters. The second-order valence-corrected chi connectivity index (χ2v) is 6.52. The Bertz CT molecular complexity index is 629. The summed E-state index contributed by atoms with van der Waals surface area (Å²) in [7, 11) is 0. The lowest BCUT2D eigenvalue weighted by Crippen LogP contribution is -2.65. The Morgan fingerprint density at radius 3 is 2.86 bits per heavy atom. The number of fused-ring (bicyclic) bond motifs is 1. The zero-order valence-corrected chi connectivity index (χ0v) is 11.7. The second kappa shape index (κ2) is 4.21. The van der Waals surface area contributed by atoms with Gasteiger partial charge in [0.1, 0.15) is 6.10 Å². The van der Waals surface area contributed by atoms with Gasteiger partial charge in [-0.2, -0.15) is 0 Å². The maximum Gasteiger partial charge on any atom is 0.172 e. The Labute approximate surface area is 122 Å². The van der Waals surface area contributed by atoms with E-state index in [4.69, 9.17) is 0 Å². The van der Waals surface area contributed by atoms with Gasteiger partial charge in [-0.3, -0.25) is 4.79 Å². The third kappa shape index (κ3) is 1.50. The van der Waals surface area contributed by atoms with Crippen LogP contribution in [0.2, 0.25) is 0 Å². The van der Waals surface area contributed by atoms with E-state index in [2.05, 4.69) is 5.32 Å². The van der Waals surface area contributed by atoms with E-state index in [1.807, 2.05) is 0 Å². The molecule has 3 aliphatic rings. The van der Waals surface area contributed by atoms with Crippen molar-refractivity contribution in [2.75, 3.05) is 6.54 Å². The monoisotopic (exact) mass is 289 g/mol. The molecule has 1 heterocycles. The van der Waals surface area contributed by atoms with Gasteiger partial charge in [0.25, 0.3) is 0 Å². The number of hydrogen-bond donors (Lipinski definition) is 4. The van der Waals surface area contributed by atoms with Crippen molar-refractivity contribution in [3.05, 3.63) is 23.3 Å². The number of carbonyl (C=O) groups excluding carboxylic acids is 1. The molecule has 4 N–H and O–H groups in total. The molecule has 4 rings (SSSR count).